The lowest BCUT2D eigenvalue weighted by Gasteiger charge is -2.28. The van der Waals surface area contributed by atoms with Crippen molar-refractivity contribution >= 4 is 43.6 Å². The normalized spacial score (nSPS) is 37.7. The summed E-state index contributed by atoms with van der Waals surface area (Å²) in [6.45, 7) is 0.487. The Morgan fingerprint density at radius 3 is 2.38 bits per heavy atom. The molecule has 0 aromatic carbocycles. The van der Waals surface area contributed by atoms with Gasteiger partial charge in [-0.1, -0.05) is 0 Å². The highest BCUT2D eigenvalue weighted by Crippen LogP contribution is 2.51. The summed E-state index contributed by atoms with van der Waals surface area (Å²) in [5.74, 6) is -1.33. The summed E-state index contributed by atoms with van der Waals surface area (Å²) in [5.41, 5.74) is 6.23. The third-order valence-corrected chi connectivity index (χ3v) is 10.6. The van der Waals surface area contributed by atoms with E-state index < -0.39 is 89.1 Å². The van der Waals surface area contributed by atoms with Crippen molar-refractivity contribution in [2.24, 2.45) is 5.92 Å². The highest BCUT2D eigenvalue weighted by atomic mass is 31.2. The third kappa shape index (κ3) is 5.38. The van der Waals surface area contributed by atoms with E-state index in [1.807, 2.05) is 0 Å². The first-order valence-electron chi connectivity index (χ1n) is 13.6. The number of H-pyrrole nitrogens is 1. The van der Waals surface area contributed by atoms with E-state index in [9.17, 15) is 33.9 Å². The molecule has 3 aliphatic rings. The second-order valence-corrected chi connectivity index (χ2v) is 14.4. The van der Waals surface area contributed by atoms with Crippen molar-refractivity contribution in [1.82, 2.24) is 44.1 Å². The molecule has 4 aromatic heterocycles. The van der Waals surface area contributed by atoms with Crippen LogP contribution in [0.2, 0.25) is 0 Å². The van der Waals surface area contributed by atoms with Crippen molar-refractivity contribution in [1.29, 1.82) is 0 Å². The minimum absolute atomic E-state index is 0.0457. The average Bonchev–Trinajstić information content (AvgIpc) is 3.72. The number of imidazole rings is 2. The Labute approximate surface area is 251 Å². The number of aryl methyl sites for hydroxylation is 1. The van der Waals surface area contributed by atoms with Crippen molar-refractivity contribution < 1.29 is 47.7 Å². The molecule has 21 nitrogen and oxygen atoms in total. The van der Waals surface area contributed by atoms with Gasteiger partial charge in [-0.15, -0.1) is 0 Å². The molecule has 7 rings (SSSR count). The zero-order valence-corrected chi connectivity index (χ0v) is 25.0. The second kappa shape index (κ2) is 11.0. The second-order valence-electron chi connectivity index (χ2n) is 10.9. The van der Waals surface area contributed by atoms with Crippen LogP contribution in [0.3, 0.4) is 0 Å². The Balaban J connectivity index is 1.17. The number of hydrogen-bond acceptors (Lipinski definition) is 15. The molecule has 3 saturated heterocycles. The van der Waals surface area contributed by atoms with E-state index in [-0.39, 0.29) is 17.1 Å². The van der Waals surface area contributed by atoms with Crippen molar-refractivity contribution in [2.75, 3.05) is 25.1 Å². The smallest absolute Gasteiger partial charge is 0.388 e. The number of nitrogens with two attached hydrogens (primary N) is 1. The standard InChI is InChI=1S/C22H28N10O11P2/c1-8-12-17(25-5-24-8)31(6-26-12)20-15(33)9-4-44(36,37)40-3-11-13(30-45(38,39)41-2-10(9)42-20)16(34)21(43-11)32-7-27-14-18(32)28-22(23)29-19(14)35/h5-7,9-11,13,15-16,20-21,33-34H,2-4H2,1H3,(H,36,37)(H2,30,38,39)(H3,23,28,29,35)/t9-,10-,11-,13-,15-,16-,20-,21-/m1/s1. The van der Waals surface area contributed by atoms with E-state index in [1.165, 1.54) is 21.8 Å². The molecule has 0 radical (unpaired) electrons. The van der Waals surface area contributed by atoms with E-state index in [4.69, 9.17) is 24.3 Å². The lowest BCUT2D eigenvalue weighted by atomic mass is 10.0. The number of nitrogens with one attached hydrogen (secondary N) is 2. The quantitative estimate of drug-likeness (QED) is 0.117. The Kier molecular flexibility index (Phi) is 7.42. The molecule has 10 atom stereocenters. The first-order chi connectivity index (χ1) is 21.3. The predicted molar refractivity (Wildman–Crippen MR) is 149 cm³/mol. The van der Waals surface area contributed by atoms with Gasteiger partial charge >= 0.3 is 15.3 Å². The van der Waals surface area contributed by atoms with Crippen LogP contribution in [0.4, 0.5) is 5.95 Å². The Morgan fingerprint density at radius 1 is 0.933 bits per heavy atom. The molecule has 3 fully saturated rings. The fourth-order valence-corrected chi connectivity index (χ4v) is 8.47. The molecule has 4 aromatic rings. The van der Waals surface area contributed by atoms with Crippen molar-refractivity contribution in [3.8, 4) is 0 Å². The highest BCUT2D eigenvalue weighted by Gasteiger charge is 2.52. The molecule has 45 heavy (non-hydrogen) atoms. The van der Waals surface area contributed by atoms with Crippen molar-refractivity contribution in [3.05, 3.63) is 35.0 Å². The number of aliphatic hydroxyl groups is 2. The SMILES string of the molecule is Cc1ncnc2c1ncn2[C@@H]1O[C@@H]2COP(=O)(O)N[C@H]3[C@@H](O)[C@H](n4cnc5c(=O)[nH]c(N)nc54)O[C@@H]3COP(=O)(O)C[C@H]2[C@H]1O. The van der Waals surface area contributed by atoms with Gasteiger partial charge in [-0.05, 0) is 6.92 Å². The highest BCUT2D eigenvalue weighted by molar-refractivity contribution is 7.52. The van der Waals surface area contributed by atoms with E-state index >= 15 is 0 Å². The van der Waals surface area contributed by atoms with Crippen LogP contribution in [0.25, 0.3) is 22.3 Å². The van der Waals surface area contributed by atoms with Gasteiger partial charge in [0.05, 0.1) is 49.9 Å². The summed E-state index contributed by atoms with van der Waals surface area (Å²) in [6.07, 6.45) is -4.73. The van der Waals surface area contributed by atoms with Gasteiger partial charge in [0.1, 0.15) is 30.2 Å². The Morgan fingerprint density at radius 2 is 1.60 bits per heavy atom. The molecule has 3 aliphatic heterocycles. The molecule has 7 heterocycles. The molecule has 8 N–H and O–H groups in total. The van der Waals surface area contributed by atoms with Gasteiger partial charge in [-0.25, -0.2) is 29.6 Å². The van der Waals surface area contributed by atoms with Gasteiger partial charge in [0.25, 0.3) is 5.56 Å². The number of nitrogens with zero attached hydrogens (tertiary/aromatic N) is 7. The van der Waals surface area contributed by atoms with E-state index in [0.29, 0.717) is 16.9 Å². The predicted octanol–water partition coefficient (Wildman–Crippen LogP) is -1.73. The number of fused-ring (bicyclic) bond motifs is 4. The number of rotatable bonds is 2. The maximum absolute atomic E-state index is 13.3. The minimum atomic E-state index is -4.73. The van der Waals surface area contributed by atoms with Crippen LogP contribution in [0.1, 0.15) is 18.1 Å². The van der Waals surface area contributed by atoms with Crippen molar-refractivity contribution in [3.63, 3.8) is 0 Å². The topological polar surface area (TPSA) is 297 Å². The number of hydrogen-bond donors (Lipinski definition) is 7. The summed E-state index contributed by atoms with van der Waals surface area (Å²) < 4.78 is 51.8. The minimum Gasteiger partial charge on any atom is -0.388 e. The van der Waals surface area contributed by atoms with Gasteiger partial charge in [0, 0.05) is 5.92 Å². The zero-order valence-electron chi connectivity index (χ0n) is 23.2. The van der Waals surface area contributed by atoms with E-state index in [0.717, 1.165) is 6.33 Å². The number of ether oxygens (including phenoxy) is 2. The molecule has 0 spiro atoms. The van der Waals surface area contributed by atoms with Crippen LogP contribution in [0.5, 0.6) is 0 Å². The van der Waals surface area contributed by atoms with Crippen LogP contribution in [0.15, 0.2) is 23.8 Å². The zero-order chi connectivity index (χ0) is 31.8. The van der Waals surface area contributed by atoms with Gasteiger partial charge in [0.15, 0.2) is 29.3 Å². The van der Waals surface area contributed by atoms with Gasteiger partial charge in [0.2, 0.25) is 5.95 Å². The Bertz CT molecular complexity index is 1930. The molecule has 0 aliphatic carbocycles. The maximum Gasteiger partial charge on any atom is 0.403 e. The number of anilines is 1. The molecular weight excluding hydrogens is 642 g/mol. The molecule has 23 heteroatoms. The summed E-state index contributed by atoms with van der Waals surface area (Å²) in [5, 5.41) is 24.8. The summed E-state index contributed by atoms with van der Waals surface area (Å²) in [6, 6.07) is -1.39. The van der Waals surface area contributed by atoms with Crippen LogP contribution >= 0.6 is 15.3 Å². The first-order valence-corrected chi connectivity index (χ1v) is 16.9. The van der Waals surface area contributed by atoms with Crippen LogP contribution in [-0.4, -0.2) is 109 Å². The van der Waals surface area contributed by atoms with Crippen LogP contribution in [0, 0.1) is 12.8 Å². The lowest BCUT2D eigenvalue weighted by molar-refractivity contribution is -0.0483. The lowest BCUT2D eigenvalue weighted by Crippen LogP contribution is -2.45. The number of aromatic nitrogens is 8. The molecule has 0 amide bonds. The number of nitrogen functional groups attached to an aromatic ring is 1. The average molecular weight is 670 g/mol. The number of aromatic amines is 1. The summed E-state index contributed by atoms with van der Waals surface area (Å²) in [4.78, 5) is 56.7. The molecule has 242 valence electrons. The fourth-order valence-electron chi connectivity index (χ4n) is 5.88. The largest absolute Gasteiger partial charge is 0.403 e. The van der Waals surface area contributed by atoms with Crippen molar-refractivity contribution in [2.45, 2.75) is 49.8 Å². The van der Waals surface area contributed by atoms with E-state index in [2.05, 4.69) is 35.0 Å². The van der Waals surface area contributed by atoms with E-state index in [1.54, 1.807) is 6.92 Å². The molecular formula is C22H28N10O11P2. The summed E-state index contributed by atoms with van der Waals surface area (Å²) >= 11 is 0. The maximum atomic E-state index is 13.3. The van der Waals surface area contributed by atoms with Gasteiger partial charge < -0.3 is 39.7 Å². The van der Waals surface area contributed by atoms with Gasteiger partial charge in [-0.2, -0.15) is 4.98 Å². The molecule has 0 bridgehead atoms. The molecule has 0 saturated carbocycles. The van der Waals surface area contributed by atoms with Crippen LogP contribution in [-0.2, 0) is 27.7 Å². The van der Waals surface area contributed by atoms with Gasteiger partial charge in [-0.3, -0.25) is 28.0 Å². The fraction of sp³-hybridized carbons (Fsp3) is 0.545. The monoisotopic (exact) mass is 670 g/mol. The molecule has 2 unspecified atom stereocenters. The number of aliphatic hydroxyl groups excluding tert-OH is 2. The summed E-state index contributed by atoms with van der Waals surface area (Å²) in [7, 11) is -9.23. The third-order valence-electron chi connectivity index (χ3n) is 8.05. The Hall–Kier alpha value is -3.20. The first kappa shape index (κ1) is 30.5. The van der Waals surface area contributed by atoms with Crippen LogP contribution < -0.4 is 16.4 Å².